The second-order valence-electron chi connectivity index (χ2n) is 8.58. The number of halogens is 1. The Bertz CT molecular complexity index is 293. The zero-order valence-corrected chi connectivity index (χ0v) is 18.8. The van der Waals surface area contributed by atoms with Crippen LogP contribution in [0.3, 0.4) is 0 Å². The molecule has 3 heteroatoms. The molecule has 2 nitrogen and oxygen atoms in total. The minimum Gasteiger partial charge on any atom is -1.00 e. The summed E-state index contributed by atoms with van der Waals surface area (Å²) in [5.41, 5.74) is 0.423. The molecule has 1 heterocycles. The van der Waals surface area contributed by atoms with E-state index >= 15 is 0 Å². The van der Waals surface area contributed by atoms with Crippen LogP contribution >= 0.6 is 0 Å². The molecule has 0 amide bonds. The molecule has 140 valence electrons. The monoisotopic (exact) mass is 438 g/mol. The van der Waals surface area contributed by atoms with Crippen molar-refractivity contribution in [3.63, 3.8) is 0 Å². The van der Waals surface area contributed by atoms with E-state index in [0.29, 0.717) is 11.6 Å². The molecule has 1 aliphatic heterocycles. The first-order valence-electron chi connectivity index (χ1n) is 9.98. The van der Waals surface area contributed by atoms with Gasteiger partial charge < -0.3 is 33.8 Å². The predicted octanol–water partition coefficient (Wildman–Crippen LogP) is 2.13. The summed E-state index contributed by atoms with van der Waals surface area (Å²) in [6.45, 7) is 9.54. The number of unbranched alkanes of at least 4 members (excludes halogenated alkanes) is 9. The topological polar surface area (TPSA) is 12.0 Å². The number of quaternary nitrogens is 1. The first-order valence-corrected chi connectivity index (χ1v) is 9.98. The van der Waals surface area contributed by atoms with Gasteiger partial charge in [0.05, 0.1) is 33.2 Å². The van der Waals surface area contributed by atoms with E-state index in [1.807, 2.05) is 0 Å². The third-order valence-electron chi connectivity index (χ3n) is 6.09. The summed E-state index contributed by atoms with van der Waals surface area (Å²) < 4.78 is 1.18. The third kappa shape index (κ3) is 8.53. The Balaban J connectivity index is 0.00000484. The zero-order chi connectivity index (χ0) is 16.5. The van der Waals surface area contributed by atoms with Crippen LogP contribution in [0.25, 0.3) is 0 Å². The molecule has 2 unspecified atom stereocenters. The maximum absolute atomic E-state index is 3.70. The molecule has 0 aliphatic carbocycles. The Hall–Kier alpha value is 0.650. The number of piperazine rings is 1. The first kappa shape index (κ1) is 23.6. The van der Waals surface area contributed by atoms with Gasteiger partial charge in [0.25, 0.3) is 0 Å². The Kier molecular flexibility index (Phi) is 12.4. The maximum atomic E-state index is 3.70. The Morgan fingerprint density at radius 3 is 1.87 bits per heavy atom. The minimum atomic E-state index is 0. The minimum absolute atomic E-state index is 0. The van der Waals surface area contributed by atoms with Gasteiger partial charge in [0.15, 0.2) is 0 Å². The highest BCUT2D eigenvalue weighted by Gasteiger charge is 2.44. The van der Waals surface area contributed by atoms with Crippen LogP contribution in [0.4, 0.5) is 0 Å². The lowest BCUT2D eigenvalue weighted by atomic mass is 9.87. The van der Waals surface area contributed by atoms with Crippen molar-refractivity contribution in [3.05, 3.63) is 0 Å². The lowest BCUT2D eigenvalue weighted by Crippen LogP contribution is -3.00. The van der Waals surface area contributed by atoms with Gasteiger partial charge in [-0.05, 0) is 20.3 Å². The van der Waals surface area contributed by atoms with E-state index in [0.717, 1.165) is 0 Å². The summed E-state index contributed by atoms with van der Waals surface area (Å²) >= 11 is 0. The molecule has 1 saturated heterocycles. The summed E-state index contributed by atoms with van der Waals surface area (Å²) in [6.07, 6.45) is 15.7. The molecule has 0 bridgehead atoms. The fourth-order valence-corrected chi connectivity index (χ4v) is 3.96. The van der Waals surface area contributed by atoms with Gasteiger partial charge in [0.2, 0.25) is 0 Å². The Morgan fingerprint density at radius 1 is 0.913 bits per heavy atom. The lowest BCUT2D eigenvalue weighted by molar-refractivity contribution is -0.944. The van der Waals surface area contributed by atoms with Gasteiger partial charge in [-0.2, -0.15) is 0 Å². The van der Waals surface area contributed by atoms with Crippen LogP contribution < -0.4 is 29.3 Å². The molecule has 1 N–H and O–H groups in total. The smallest absolute Gasteiger partial charge is 0.109 e. The van der Waals surface area contributed by atoms with Crippen LogP contribution in [0.5, 0.6) is 0 Å². The molecule has 1 rings (SSSR count). The molecule has 0 aromatic rings. The second kappa shape index (κ2) is 12.1. The molecule has 0 aromatic heterocycles. The number of nitrogens with zero attached hydrogens (tertiary/aromatic N) is 1. The summed E-state index contributed by atoms with van der Waals surface area (Å²) in [7, 11) is 4.85. The Morgan fingerprint density at radius 2 is 1.39 bits per heavy atom. The highest BCUT2D eigenvalue weighted by Crippen LogP contribution is 2.30. The van der Waals surface area contributed by atoms with E-state index in [1.165, 1.54) is 88.2 Å². The summed E-state index contributed by atoms with van der Waals surface area (Å²) in [6, 6.07) is 0.663. The highest BCUT2D eigenvalue weighted by atomic mass is 127. The first-order chi connectivity index (χ1) is 10.4. The molecule has 2 atom stereocenters. The van der Waals surface area contributed by atoms with E-state index in [-0.39, 0.29) is 24.0 Å². The van der Waals surface area contributed by atoms with Crippen LogP contribution in [0.1, 0.15) is 91.4 Å². The number of nitrogens with one attached hydrogen (secondary N) is 1. The fourth-order valence-electron chi connectivity index (χ4n) is 3.96. The van der Waals surface area contributed by atoms with Crippen molar-refractivity contribution >= 4 is 0 Å². The average molecular weight is 438 g/mol. The Labute approximate surface area is 163 Å². The van der Waals surface area contributed by atoms with E-state index in [1.54, 1.807) is 0 Å². The SMILES string of the molecule is CCCCCCCCCCCCC1(C)CNC(C)C[N+]1(C)C.[I-]. The molecule has 0 radical (unpaired) electrons. The average Bonchev–Trinajstić information content (AvgIpc) is 2.45. The summed E-state index contributed by atoms with van der Waals surface area (Å²) in [4.78, 5) is 0. The van der Waals surface area contributed by atoms with Gasteiger partial charge in [-0.15, -0.1) is 0 Å². The molecule has 0 saturated carbocycles. The zero-order valence-electron chi connectivity index (χ0n) is 16.6. The van der Waals surface area contributed by atoms with Gasteiger partial charge >= 0.3 is 0 Å². The van der Waals surface area contributed by atoms with Crippen LogP contribution in [-0.2, 0) is 0 Å². The van der Waals surface area contributed by atoms with Gasteiger partial charge in [0, 0.05) is 6.42 Å². The van der Waals surface area contributed by atoms with Gasteiger partial charge in [-0.1, -0.05) is 64.7 Å². The van der Waals surface area contributed by atoms with E-state index < -0.39 is 0 Å². The van der Waals surface area contributed by atoms with Crippen molar-refractivity contribution in [2.45, 2.75) is 103 Å². The quantitative estimate of drug-likeness (QED) is 0.296. The summed E-state index contributed by atoms with van der Waals surface area (Å²) in [5.74, 6) is 0. The van der Waals surface area contributed by atoms with Crippen molar-refractivity contribution in [1.82, 2.24) is 5.32 Å². The molecule has 23 heavy (non-hydrogen) atoms. The molecular formula is C20H43IN2. The normalized spacial score (nSPS) is 26.7. The second-order valence-corrected chi connectivity index (χ2v) is 8.58. The van der Waals surface area contributed by atoms with E-state index in [9.17, 15) is 0 Å². The largest absolute Gasteiger partial charge is 1.00 e. The number of rotatable bonds is 11. The van der Waals surface area contributed by atoms with Gasteiger partial charge in [-0.25, -0.2) is 0 Å². The fraction of sp³-hybridized carbons (Fsp3) is 1.00. The van der Waals surface area contributed by atoms with E-state index in [4.69, 9.17) is 0 Å². The molecule has 1 aliphatic rings. The predicted molar refractivity (Wildman–Crippen MR) is 99.3 cm³/mol. The van der Waals surface area contributed by atoms with Crippen molar-refractivity contribution in [2.24, 2.45) is 0 Å². The van der Waals surface area contributed by atoms with Crippen LogP contribution in [0.15, 0.2) is 0 Å². The lowest BCUT2D eigenvalue weighted by Gasteiger charge is -2.52. The molecule has 0 aromatic carbocycles. The van der Waals surface area contributed by atoms with Crippen LogP contribution in [-0.4, -0.2) is 43.2 Å². The maximum Gasteiger partial charge on any atom is 0.109 e. The van der Waals surface area contributed by atoms with Crippen molar-refractivity contribution in [1.29, 1.82) is 0 Å². The van der Waals surface area contributed by atoms with Crippen LogP contribution in [0, 0.1) is 0 Å². The van der Waals surface area contributed by atoms with E-state index in [2.05, 4.69) is 40.2 Å². The van der Waals surface area contributed by atoms with Crippen molar-refractivity contribution < 1.29 is 28.5 Å². The highest BCUT2D eigenvalue weighted by molar-refractivity contribution is 4.85. The number of hydrogen-bond donors (Lipinski definition) is 1. The third-order valence-corrected chi connectivity index (χ3v) is 6.09. The summed E-state index contributed by atoms with van der Waals surface area (Å²) in [5, 5.41) is 3.70. The number of likely N-dealkylation sites (N-methyl/N-ethyl adjacent to an activating group) is 1. The number of hydrogen-bond acceptors (Lipinski definition) is 1. The van der Waals surface area contributed by atoms with Crippen molar-refractivity contribution in [3.8, 4) is 0 Å². The van der Waals surface area contributed by atoms with Crippen LogP contribution in [0.2, 0.25) is 0 Å². The van der Waals surface area contributed by atoms with Crippen molar-refractivity contribution in [2.75, 3.05) is 27.2 Å². The molecule has 1 fully saturated rings. The van der Waals surface area contributed by atoms with Gasteiger partial charge in [-0.3, -0.25) is 0 Å². The molecule has 0 spiro atoms. The molecular weight excluding hydrogens is 395 g/mol. The van der Waals surface area contributed by atoms with Gasteiger partial charge in [0.1, 0.15) is 5.54 Å². The standard InChI is InChI=1S/C20H43N2.HI/c1-6-7-8-9-10-11-12-13-14-15-16-20(3)18-21-19(2)17-22(20,4)5;/h19,21H,6-18H2,1-5H3;1H/q+1;/p-1.